The van der Waals surface area contributed by atoms with Crippen LogP contribution in [0.4, 0.5) is 0 Å². The molecule has 0 aromatic rings. The molecule has 4 saturated carbocycles. The number of hydrogen-bond acceptors (Lipinski definition) is 2. The lowest BCUT2D eigenvalue weighted by Crippen LogP contribution is -2.53. The van der Waals surface area contributed by atoms with Crippen molar-refractivity contribution in [1.82, 2.24) is 5.32 Å². The van der Waals surface area contributed by atoms with E-state index in [1.165, 1.54) is 109 Å². The Hall–Kier alpha value is -0.0900. The Kier molecular flexibility index (Phi) is 12.9. The van der Waals surface area contributed by atoms with E-state index in [-0.39, 0.29) is 27.9 Å². The van der Waals surface area contributed by atoms with E-state index in [0.29, 0.717) is 11.8 Å². The summed E-state index contributed by atoms with van der Waals surface area (Å²) in [6.07, 6.45) is 25.0. The van der Waals surface area contributed by atoms with Gasteiger partial charge in [0.25, 0.3) is 0 Å². The van der Waals surface area contributed by atoms with Gasteiger partial charge in [0, 0.05) is 17.5 Å². The topological polar surface area (TPSA) is 55.1 Å². The second kappa shape index (κ2) is 14.6. The number of amides is 1. The van der Waals surface area contributed by atoms with E-state index in [0.717, 1.165) is 37.1 Å². The molecule has 0 aromatic heterocycles. The predicted molar refractivity (Wildman–Crippen MR) is 151 cm³/mol. The standard InChI is InChI=1S/C30H56N2O.BrH/c1-4-5-6-7-8-9-10-11-12-14-24(20-29(2,3)31)15-13-16-32-28(33)30-21-25-17-26(22-30)19-27(18-25)23-30;/h24-27H,4-23,31H2,1-3H3,(H,32,33);1H. The quantitative estimate of drug-likeness (QED) is 0.182. The highest BCUT2D eigenvalue weighted by molar-refractivity contribution is 8.93. The van der Waals surface area contributed by atoms with Crippen LogP contribution in [0.15, 0.2) is 0 Å². The summed E-state index contributed by atoms with van der Waals surface area (Å²) >= 11 is 0. The van der Waals surface area contributed by atoms with Crippen molar-refractivity contribution in [2.45, 2.75) is 148 Å². The van der Waals surface area contributed by atoms with Crippen LogP contribution in [0.5, 0.6) is 0 Å². The van der Waals surface area contributed by atoms with E-state index in [2.05, 4.69) is 26.1 Å². The highest BCUT2D eigenvalue weighted by atomic mass is 79.9. The van der Waals surface area contributed by atoms with Gasteiger partial charge in [0.1, 0.15) is 0 Å². The molecule has 4 fully saturated rings. The monoisotopic (exact) mass is 540 g/mol. The van der Waals surface area contributed by atoms with Crippen molar-refractivity contribution in [3.63, 3.8) is 0 Å². The summed E-state index contributed by atoms with van der Waals surface area (Å²) in [5.41, 5.74) is 6.31. The zero-order valence-electron chi connectivity index (χ0n) is 22.8. The van der Waals surface area contributed by atoms with Gasteiger partial charge in [-0.05, 0) is 95.3 Å². The number of nitrogens with two attached hydrogens (primary N) is 1. The fourth-order valence-electron chi connectivity index (χ4n) is 8.01. The van der Waals surface area contributed by atoms with Gasteiger partial charge in [-0.25, -0.2) is 0 Å². The molecule has 1 atom stereocenters. The molecule has 0 aliphatic heterocycles. The van der Waals surface area contributed by atoms with Crippen molar-refractivity contribution < 1.29 is 4.79 Å². The van der Waals surface area contributed by atoms with Gasteiger partial charge in [-0.15, -0.1) is 17.0 Å². The Morgan fingerprint density at radius 3 is 1.82 bits per heavy atom. The Morgan fingerprint density at radius 2 is 1.32 bits per heavy atom. The van der Waals surface area contributed by atoms with Crippen molar-refractivity contribution in [3.8, 4) is 0 Å². The largest absolute Gasteiger partial charge is 0.356 e. The fourth-order valence-corrected chi connectivity index (χ4v) is 8.01. The summed E-state index contributed by atoms with van der Waals surface area (Å²) in [7, 11) is 0. The predicted octanol–water partition coefficient (Wildman–Crippen LogP) is 8.34. The third-order valence-corrected chi connectivity index (χ3v) is 9.13. The molecule has 4 aliphatic rings. The zero-order chi connectivity index (χ0) is 23.7. The number of carbonyl (C=O) groups is 1. The normalized spacial score (nSPS) is 28.5. The molecule has 1 amide bonds. The average Bonchev–Trinajstić information content (AvgIpc) is 2.73. The number of hydrogen-bond donors (Lipinski definition) is 2. The van der Waals surface area contributed by atoms with Gasteiger partial charge < -0.3 is 11.1 Å². The van der Waals surface area contributed by atoms with Crippen LogP contribution < -0.4 is 11.1 Å². The van der Waals surface area contributed by atoms with Gasteiger partial charge in [-0.1, -0.05) is 71.1 Å². The van der Waals surface area contributed by atoms with Crippen molar-refractivity contribution in [3.05, 3.63) is 0 Å². The molecule has 34 heavy (non-hydrogen) atoms. The summed E-state index contributed by atoms with van der Waals surface area (Å²) in [6, 6.07) is 0. The van der Waals surface area contributed by atoms with E-state index in [1.807, 2.05) is 0 Å². The summed E-state index contributed by atoms with van der Waals surface area (Å²) in [4.78, 5) is 13.2. The first-order valence-corrected chi connectivity index (χ1v) is 14.9. The van der Waals surface area contributed by atoms with Gasteiger partial charge in [-0.3, -0.25) is 4.79 Å². The first kappa shape index (κ1) is 30.1. The second-order valence-electron chi connectivity index (χ2n) is 13.3. The Bertz CT molecular complexity index is 550. The van der Waals surface area contributed by atoms with Gasteiger partial charge in [-0.2, -0.15) is 0 Å². The molecule has 4 rings (SSSR count). The molecule has 0 aromatic carbocycles. The number of carbonyl (C=O) groups excluding carboxylic acids is 1. The van der Waals surface area contributed by atoms with Gasteiger partial charge >= 0.3 is 0 Å². The summed E-state index contributed by atoms with van der Waals surface area (Å²) < 4.78 is 0. The molecule has 200 valence electrons. The van der Waals surface area contributed by atoms with Gasteiger partial charge in [0.15, 0.2) is 0 Å². The molecule has 4 aliphatic carbocycles. The van der Waals surface area contributed by atoms with Crippen LogP contribution in [-0.4, -0.2) is 18.0 Å². The minimum absolute atomic E-state index is 0. The molecule has 0 saturated heterocycles. The van der Waals surface area contributed by atoms with E-state index in [1.54, 1.807) is 0 Å². The molecule has 0 radical (unpaired) electrons. The van der Waals surface area contributed by atoms with Crippen LogP contribution in [0.1, 0.15) is 143 Å². The Balaban J connectivity index is 0.00000408. The Morgan fingerprint density at radius 1 is 0.853 bits per heavy atom. The number of rotatable bonds is 17. The molecule has 0 spiro atoms. The van der Waals surface area contributed by atoms with Crippen LogP contribution in [0.2, 0.25) is 0 Å². The number of halogens is 1. The van der Waals surface area contributed by atoms with Crippen molar-refractivity contribution in [2.24, 2.45) is 34.8 Å². The SMILES string of the molecule is Br.CCCCCCCCCCCC(CCCNC(=O)C12CC3CC(CC(C3)C1)C2)CC(C)(C)N. The molecular formula is C30H57BrN2O. The third-order valence-electron chi connectivity index (χ3n) is 9.13. The van der Waals surface area contributed by atoms with E-state index >= 15 is 0 Å². The molecule has 3 N–H and O–H groups in total. The number of unbranched alkanes of at least 4 members (excludes halogenated alkanes) is 8. The van der Waals surface area contributed by atoms with Crippen LogP contribution in [0.25, 0.3) is 0 Å². The maximum Gasteiger partial charge on any atom is 0.226 e. The molecule has 3 nitrogen and oxygen atoms in total. The number of nitrogens with one attached hydrogen (secondary N) is 1. The minimum Gasteiger partial charge on any atom is -0.356 e. The van der Waals surface area contributed by atoms with Crippen molar-refractivity contribution in [1.29, 1.82) is 0 Å². The molecule has 0 heterocycles. The Labute approximate surface area is 222 Å². The average molecular weight is 542 g/mol. The second-order valence-corrected chi connectivity index (χ2v) is 13.3. The lowest BCUT2D eigenvalue weighted by Gasteiger charge is -2.55. The van der Waals surface area contributed by atoms with Gasteiger partial charge in [0.05, 0.1) is 0 Å². The first-order chi connectivity index (χ1) is 15.8. The summed E-state index contributed by atoms with van der Waals surface area (Å²) in [5.74, 6) is 3.63. The molecule has 4 bridgehead atoms. The third kappa shape index (κ3) is 9.75. The first-order valence-electron chi connectivity index (χ1n) is 14.9. The smallest absolute Gasteiger partial charge is 0.226 e. The van der Waals surface area contributed by atoms with Gasteiger partial charge in [0.2, 0.25) is 5.91 Å². The van der Waals surface area contributed by atoms with Crippen molar-refractivity contribution in [2.75, 3.05) is 6.54 Å². The van der Waals surface area contributed by atoms with E-state index in [9.17, 15) is 4.79 Å². The van der Waals surface area contributed by atoms with Crippen LogP contribution in [-0.2, 0) is 4.79 Å². The van der Waals surface area contributed by atoms with Crippen LogP contribution in [0, 0.1) is 29.1 Å². The maximum atomic E-state index is 13.2. The van der Waals surface area contributed by atoms with E-state index in [4.69, 9.17) is 5.73 Å². The van der Waals surface area contributed by atoms with Crippen LogP contribution in [0.3, 0.4) is 0 Å². The highest BCUT2D eigenvalue weighted by Crippen LogP contribution is 2.60. The highest BCUT2D eigenvalue weighted by Gasteiger charge is 2.54. The summed E-state index contributed by atoms with van der Waals surface area (Å²) in [5, 5.41) is 3.39. The summed E-state index contributed by atoms with van der Waals surface area (Å²) in [6.45, 7) is 7.49. The lowest BCUT2D eigenvalue weighted by molar-refractivity contribution is -0.146. The van der Waals surface area contributed by atoms with E-state index < -0.39 is 0 Å². The minimum atomic E-state index is -0.0909. The zero-order valence-corrected chi connectivity index (χ0v) is 24.6. The molecule has 1 unspecified atom stereocenters. The van der Waals surface area contributed by atoms with Crippen LogP contribution >= 0.6 is 17.0 Å². The fraction of sp³-hybridized carbons (Fsp3) is 0.967. The molecular weight excluding hydrogens is 484 g/mol. The lowest BCUT2D eigenvalue weighted by atomic mass is 9.49. The van der Waals surface area contributed by atoms with Crippen molar-refractivity contribution >= 4 is 22.9 Å². The molecule has 4 heteroatoms. The maximum absolute atomic E-state index is 13.2.